The molecule has 1 aromatic rings. The fourth-order valence-corrected chi connectivity index (χ4v) is 2.56. The lowest BCUT2D eigenvalue weighted by Gasteiger charge is -2.39. The van der Waals surface area contributed by atoms with Crippen molar-refractivity contribution in [1.29, 1.82) is 0 Å². The number of piperazine rings is 1. The molecule has 1 N–H and O–H groups in total. The van der Waals surface area contributed by atoms with E-state index in [0.29, 0.717) is 17.1 Å². The predicted molar refractivity (Wildman–Crippen MR) is 68.7 cm³/mol. The van der Waals surface area contributed by atoms with Crippen LogP contribution in [0.5, 0.6) is 0 Å². The number of nitrogens with zero attached hydrogens (tertiary/aromatic N) is 1. The number of hydrogen-bond acceptors (Lipinski definition) is 2. The molecule has 2 rings (SSSR count). The van der Waals surface area contributed by atoms with Gasteiger partial charge in [0.05, 0.1) is 0 Å². The molecule has 4 heteroatoms. The molecule has 2 unspecified atom stereocenters. The molecule has 2 atom stereocenters. The number of halogens is 2. The van der Waals surface area contributed by atoms with E-state index in [1.54, 1.807) is 6.07 Å². The Morgan fingerprint density at radius 1 is 1.35 bits per heavy atom. The molecule has 0 bridgehead atoms. The Labute approximate surface area is 107 Å². The molecule has 1 saturated heterocycles. The van der Waals surface area contributed by atoms with Gasteiger partial charge < -0.3 is 5.32 Å². The van der Waals surface area contributed by atoms with Crippen LogP contribution in [-0.2, 0) is 6.54 Å². The molecule has 0 radical (unpaired) electrons. The average Bonchev–Trinajstić information content (AvgIpc) is 2.26. The van der Waals surface area contributed by atoms with Gasteiger partial charge in [-0.25, -0.2) is 4.39 Å². The highest BCUT2D eigenvalue weighted by Gasteiger charge is 2.24. The maximum atomic E-state index is 13.0. The molecule has 0 saturated carbocycles. The van der Waals surface area contributed by atoms with Crippen molar-refractivity contribution in [1.82, 2.24) is 10.2 Å². The van der Waals surface area contributed by atoms with Gasteiger partial charge in [0.25, 0.3) is 0 Å². The van der Waals surface area contributed by atoms with Crippen LogP contribution < -0.4 is 5.32 Å². The summed E-state index contributed by atoms with van der Waals surface area (Å²) in [5, 5.41) is 3.91. The number of rotatable bonds is 2. The van der Waals surface area contributed by atoms with Crippen LogP contribution in [0.2, 0.25) is 5.02 Å². The van der Waals surface area contributed by atoms with Gasteiger partial charge in [-0.2, -0.15) is 0 Å². The summed E-state index contributed by atoms with van der Waals surface area (Å²) < 4.78 is 13.0. The SMILES string of the molecule is CC1CNCC(C)N1Cc1ccc(F)cc1Cl. The summed E-state index contributed by atoms with van der Waals surface area (Å²) in [5.41, 5.74) is 0.994. The van der Waals surface area contributed by atoms with E-state index < -0.39 is 0 Å². The first-order chi connectivity index (χ1) is 8.08. The Hall–Kier alpha value is -0.640. The van der Waals surface area contributed by atoms with E-state index in [1.807, 2.05) is 0 Å². The van der Waals surface area contributed by atoms with Crippen molar-refractivity contribution in [3.05, 3.63) is 34.6 Å². The highest BCUT2D eigenvalue weighted by Crippen LogP contribution is 2.22. The van der Waals surface area contributed by atoms with E-state index >= 15 is 0 Å². The lowest BCUT2D eigenvalue weighted by atomic mass is 10.1. The van der Waals surface area contributed by atoms with E-state index in [0.717, 1.165) is 25.2 Å². The summed E-state index contributed by atoms with van der Waals surface area (Å²) in [6, 6.07) is 5.58. The Morgan fingerprint density at radius 2 is 2.00 bits per heavy atom. The van der Waals surface area contributed by atoms with Crippen LogP contribution in [0.4, 0.5) is 4.39 Å². The largest absolute Gasteiger partial charge is 0.314 e. The van der Waals surface area contributed by atoms with Crippen molar-refractivity contribution < 1.29 is 4.39 Å². The lowest BCUT2D eigenvalue weighted by molar-refractivity contribution is 0.109. The maximum absolute atomic E-state index is 13.0. The molecule has 94 valence electrons. The van der Waals surface area contributed by atoms with Crippen LogP contribution in [0, 0.1) is 5.82 Å². The van der Waals surface area contributed by atoms with E-state index in [9.17, 15) is 4.39 Å². The van der Waals surface area contributed by atoms with Crippen molar-refractivity contribution in [2.75, 3.05) is 13.1 Å². The van der Waals surface area contributed by atoms with Gasteiger partial charge in [-0.15, -0.1) is 0 Å². The molecule has 2 nitrogen and oxygen atoms in total. The third-order valence-corrected chi connectivity index (χ3v) is 3.73. The minimum Gasteiger partial charge on any atom is -0.314 e. The third kappa shape index (κ3) is 2.97. The van der Waals surface area contributed by atoms with E-state index in [2.05, 4.69) is 24.1 Å². The van der Waals surface area contributed by atoms with E-state index in [-0.39, 0.29) is 5.82 Å². The average molecular weight is 257 g/mol. The highest BCUT2D eigenvalue weighted by atomic mass is 35.5. The van der Waals surface area contributed by atoms with E-state index in [4.69, 9.17) is 11.6 Å². The molecule has 1 fully saturated rings. The molecule has 1 aliphatic heterocycles. The van der Waals surface area contributed by atoms with Crippen molar-refractivity contribution in [2.24, 2.45) is 0 Å². The monoisotopic (exact) mass is 256 g/mol. The standard InChI is InChI=1S/C13H18ClFN2/c1-9-6-16-7-10(2)17(9)8-11-3-4-12(15)5-13(11)14/h3-5,9-10,16H,6-8H2,1-2H3. The zero-order valence-corrected chi connectivity index (χ0v) is 11.0. The fourth-order valence-electron chi connectivity index (χ4n) is 2.33. The smallest absolute Gasteiger partial charge is 0.124 e. The summed E-state index contributed by atoms with van der Waals surface area (Å²) in [4.78, 5) is 2.40. The van der Waals surface area contributed by atoms with Gasteiger partial charge in [-0.05, 0) is 31.5 Å². The second kappa shape index (κ2) is 5.34. The first kappa shape index (κ1) is 12.8. The summed E-state index contributed by atoms with van der Waals surface area (Å²) >= 11 is 6.06. The number of benzene rings is 1. The Bertz CT molecular complexity index is 387. The number of hydrogen-bond donors (Lipinski definition) is 1. The van der Waals surface area contributed by atoms with Crippen molar-refractivity contribution in [3.63, 3.8) is 0 Å². The first-order valence-electron chi connectivity index (χ1n) is 5.98. The van der Waals surface area contributed by atoms with Crippen LogP contribution in [0.3, 0.4) is 0 Å². The van der Waals surface area contributed by atoms with Crippen LogP contribution in [0.1, 0.15) is 19.4 Å². The molecular weight excluding hydrogens is 239 g/mol. The van der Waals surface area contributed by atoms with Crippen molar-refractivity contribution in [2.45, 2.75) is 32.5 Å². The Morgan fingerprint density at radius 3 is 2.59 bits per heavy atom. The fraction of sp³-hybridized carbons (Fsp3) is 0.538. The predicted octanol–water partition coefficient (Wildman–Crippen LogP) is 2.66. The molecule has 1 heterocycles. The van der Waals surface area contributed by atoms with Crippen LogP contribution in [-0.4, -0.2) is 30.1 Å². The maximum Gasteiger partial charge on any atom is 0.124 e. The second-order valence-corrected chi connectivity index (χ2v) is 5.17. The molecular formula is C13H18ClFN2. The third-order valence-electron chi connectivity index (χ3n) is 3.38. The minimum absolute atomic E-state index is 0.278. The van der Waals surface area contributed by atoms with Gasteiger partial charge in [0.2, 0.25) is 0 Å². The van der Waals surface area contributed by atoms with Gasteiger partial charge in [-0.3, -0.25) is 4.90 Å². The van der Waals surface area contributed by atoms with Gasteiger partial charge in [0.15, 0.2) is 0 Å². The van der Waals surface area contributed by atoms with Crippen LogP contribution in [0.25, 0.3) is 0 Å². The summed E-state index contributed by atoms with van der Waals surface area (Å²) in [5.74, 6) is -0.278. The molecule has 0 spiro atoms. The topological polar surface area (TPSA) is 15.3 Å². The van der Waals surface area contributed by atoms with Crippen molar-refractivity contribution in [3.8, 4) is 0 Å². The molecule has 0 aliphatic carbocycles. The van der Waals surface area contributed by atoms with Gasteiger partial charge in [0, 0.05) is 36.7 Å². The number of nitrogens with one attached hydrogen (secondary N) is 1. The molecule has 1 aromatic carbocycles. The summed E-state index contributed by atoms with van der Waals surface area (Å²) in [7, 11) is 0. The zero-order valence-electron chi connectivity index (χ0n) is 10.2. The molecule has 0 aromatic heterocycles. The Kier molecular flexibility index (Phi) is 4.02. The highest BCUT2D eigenvalue weighted by molar-refractivity contribution is 6.31. The minimum atomic E-state index is -0.278. The zero-order chi connectivity index (χ0) is 12.4. The second-order valence-electron chi connectivity index (χ2n) is 4.76. The normalized spacial score (nSPS) is 26.1. The van der Waals surface area contributed by atoms with Crippen molar-refractivity contribution >= 4 is 11.6 Å². The molecule has 0 amide bonds. The van der Waals surface area contributed by atoms with Gasteiger partial charge in [0.1, 0.15) is 5.82 Å². The van der Waals surface area contributed by atoms with Gasteiger partial charge in [-0.1, -0.05) is 17.7 Å². The summed E-state index contributed by atoms with van der Waals surface area (Å²) in [6.45, 7) is 7.15. The molecule has 17 heavy (non-hydrogen) atoms. The van der Waals surface area contributed by atoms with Crippen LogP contribution in [0.15, 0.2) is 18.2 Å². The summed E-state index contributed by atoms with van der Waals surface area (Å²) in [6.07, 6.45) is 0. The Balaban J connectivity index is 2.13. The quantitative estimate of drug-likeness (QED) is 0.875. The molecule has 1 aliphatic rings. The van der Waals surface area contributed by atoms with Crippen LogP contribution >= 0.6 is 11.6 Å². The van der Waals surface area contributed by atoms with E-state index in [1.165, 1.54) is 12.1 Å². The lowest BCUT2D eigenvalue weighted by Crippen LogP contribution is -2.54. The first-order valence-corrected chi connectivity index (χ1v) is 6.36. The van der Waals surface area contributed by atoms with Gasteiger partial charge >= 0.3 is 0 Å².